The van der Waals surface area contributed by atoms with Crippen LogP contribution in [0.5, 0.6) is 0 Å². The highest BCUT2D eigenvalue weighted by Gasteiger charge is 2.03. The van der Waals surface area contributed by atoms with Gasteiger partial charge in [0.2, 0.25) is 0 Å². The Balaban J connectivity index is 2.54. The van der Waals surface area contributed by atoms with Crippen molar-refractivity contribution in [2.24, 2.45) is 10.9 Å². The van der Waals surface area contributed by atoms with E-state index in [4.69, 9.17) is 5.84 Å². The lowest BCUT2D eigenvalue weighted by Gasteiger charge is -2.06. The van der Waals surface area contributed by atoms with Crippen LogP contribution in [0.3, 0.4) is 0 Å². The Morgan fingerprint density at radius 3 is 2.24 bits per heavy atom. The lowest BCUT2D eigenvalue weighted by atomic mass is 9.98. The number of benzene rings is 3. The molecule has 0 radical (unpaired) electrons. The summed E-state index contributed by atoms with van der Waals surface area (Å²) in [7, 11) is 0. The van der Waals surface area contributed by atoms with Crippen LogP contribution in [0.2, 0.25) is 0 Å². The van der Waals surface area contributed by atoms with Crippen molar-refractivity contribution in [1.29, 1.82) is 0 Å². The lowest BCUT2D eigenvalue weighted by Crippen LogP contribution is -1.89. The van der Waals surface area contributed by atoms with Crippen molar-refractivity contribution in [3.63, 3.8) is 0 Å². The van der Waals surface area contributed by atoms with Crippen LogP contribution in [0.4, 0.5) is 0 Å². The summed E-state index contributed by atoms with van der Waals surface area (Å²) in [5, 5.41) is 8.53. The first-order valence-electron chi connectivity index (χ1n) is 5.54. The third-order valence-electron chi connectivity index (χ3n) is 3.01. The summed E-state index contributed by atoms with van der Waals surface area (Å²) >= 11 is 0. The Kier molecular flexibility index (Phi) is 2.26. The van der Waals surface area contributed by atoms with E-state index in [2.05, 4.69) is 47.6 Å². The molecule has 17 heavy (non-hydrogen) atoms. The highest BCUT2D eigenvalue weighted by molar-refractivity contribution is 6.14. The molecular formula is C15H12N2. The quantitative estimate of drug-likeness (QED) is 0.290. The first-order valence-corrected chi connectivity index (χ1v) is 5.54. The van der Waals surface area contributed by atoms with E-state index in [0.717, 1.165) is 5.56 Å². The maximum absolute atomic E-state index is 5.27. The molecule has 0 atom stereocenters. The van der Waals surface area contributed by atoms with Crippen molar-refractivity contribution in [1.82, 2.24) is 0 Å². The first-order chi connectivity index (χ1) is 8.40. The molecule has 0 fully saturated rings. The molecule has 0 amide bonds. The number of hydrogen-bond donors (Lipinski definition) is 1. The number of nitrogens with two attached hydrogens (primary N) is 1. The molecule has 0 spiro atoms. The van der Waals surface area contributed by atoms with Crippen LogP contribution < -0.4 is 5.84 Å². The molecule has 3 rings (SSSR count). The van der Waals surface area contributed by atoms with Crippen molar-refractivity contribution >= 4 is 27.8 Å². The second kappa shape index (κ2) is 3.91. The molecule has 0 unspecified atom stereocenters. The summed E-state index contributed by atoms with van der Waals surface area (Å²) < 4.78 is 0. The molecule has 82 valence electrons. The van der Waals surface area contributed by atoms with Gasteiger partial charge in [-0.15, -0.1) is 0 Å². The van der Waals surface area contributed by atoms with Gasteiger partial charge in [0.15, 0.2) is 0 Å². The van der Waals surface area contributed by atoms with Gasteiger partial charge in [-0.3, -0.25) is 0 Å². The minimum absolute atomic E-state index is 1.06. The molecule has 0 saturated carbocycles. The molecule has 0 aromatic heterocycles. The van der Waals surface area contributed by atoms with Gasteiger partial charge in [0.1, 0.15) is 0 Å². The Morgan fingerprint density at radius 1 is 0.824 bits per heavy atom. The minimum Gasteiger partial charge on any atom is -0.323 e. The molecule has 0 saturated heterocycles. The molecule has 2 nitrogen and oxygen atoms in total. The van der Waals surface area contributed by atoms with Crippen molar-refractivity contribution in [3.8, 4) is 0 Å². The number of hydrogen-bond acceptors (Lipinski definition) is 2. The van der Waals surface area contributed by atoms with Crippen LogP contribution >= 0.6 is 0 Å². The molecule has 2 N–H and O–H groups in total. The molecule has 3 aromatic carbocycles. The van der Waals surface area contributed by atoms with Gasteiger partial charge in [-0.25, -0.2) is 0 Å². The third kappa shape index (κ3) is 1.54. The minimum atomic E-state index is 1.06. The largest absolute Gasteiger partial charge is 0.323 e. The van der Waals surface area contributed by atoms with Crippen LogP contribution in [-0.2, 0) is 0 Å². The summed E-state index contributed by atoms with van der Waals surface area (Å²) in [4.78, 5) is 0. The van der Waals surface area contributed by atoms with E-state index in [-0.39, 0.29) is 0 Å². The predicted molar refractivity (Wildman–Crippen MR) is 73.2 cm³/mol. The summed E-state index contributed by atoms with van der Waals surface area (Å²) in [6.45, 7) is 0. The molecule has 0 aliphatic carbocycles. The van der Waals surface area contributed by atoms with Crippen LogP contribution in [0.15, 0.2) is 59.7 Å². The highest BCUT2D eigenvalue weighted by atomic mass is 15.1. The Bertz CT molecular complexity index is 714. The second-order valence-electron chi connectivity index (χ2n) is 4.01. The van der Waals surface area contributed by atoms with Gasteiger partial charge in [-0.1, -0.05) is 48.5 Å². The molecule has 0 bridgehead atoms. The number of nitrogens with zero attached hydrogens (tertiary/aromatic N) is 1. The molecule has 0 aliphatic rings. The fraction of sp³-hybridized carbons (Fsp3) is 0. The smallest absolute Gasteiger partial charge is 0.0544 e. The van der Waals surface area contributed by atoms with Crippen LogP contribution in [0.1, 0.15) is 5.56 Å². The van der Waals surface area contributed by atoms with E-state index in [1.807, 2.05) is 12.1 Å². The van der Waals surface area contributed by atoms with E-state index in [1.54, 1.807) is 6.21 Å². The van der Waals surface area contributed by atoms with Gasteiger partial charge in [-0.2, -0.15) is 5.10 Å². The van der Waals surface area contributed by atoms with Crippen molar-refractivity contribution < 1.29 is 0 Å². The highest BCUT2D eigenvalue weighted by Crippen LogP contribution is 2.27. The zero-order valence-electron chi connectivity index (χ0n) is 9.30. The van der Waals surface area contributed by atoms with E-state index in [0.29, 0.717) is 0 Å². The van der Waals surface area contributed by atoms with E-state index in [1.165, 1.54) is 21.5 Å². The van der Waals surface area contributed by atoms with E-state index < -0.39 is 0 Å². The van der Waals surface area contributed by atoms with E-state index >= 15 is 0 Å². The van der Waals surface area contributed by atoms with Gasteiger partial charge >= 0.3 is 0 Å². The number of fused-ring (bicyclic) bond motifs is 3. The topological polar surface area (TPSA) is 38.4 Å². The fourth-order valence-electron chi connectivity index (χ4n) is 2.27. The van der Waals surface area contributed by atoms with Crippen molar-refractivity contribution in [2.45, 2.75) is 0 Å². The maximum atomic E-state index is 5.27. The zero-order valence-corrected chi connectivity index (χ0v) is 9.30. The molecule has 0 aliphatic heterocycles. The monoisotopic (exact) mass is 220 g/mol. The van der Waals surface area contributed by atoms with Gasteiger partial charge in [-0.05, 0) is 27.6 Å². The van der Waals surface area contributed by atoms with Crippen LogP contribution in [0, 0.1) is 0 Å². The molecular weight excluding hydrogens is 208 g/mol. The van der Waals surface area contributed by atoms with Crippen molar-refractivity contribution in [3.05, 3.63) is 60.2 Å². The lowest BCUT2D eigenvalue weighted by molar-refractivity contribution is 1.26. The zero-order chi connectivity index (χ0) is 11.7. The van der Waals surface area contributed by atoms with Crippen molar-refractivity contribution in [2.75, 3.05) is 0 Å². The summed E-state index contributed by atoms with van der Waals surface area (Å²) in [5.41, 5.74) is 1.06. The standard InChI is InChI=1S/C15H12N2/c16-17-10-12-9-11-5-1-2-6-13(11)15-8-4-3-7-14(12)15/h1-10H,16H2/b17-10-. The average Bonchev–Trinajstić information content (AvgIpc) is 2.39. The average molecular weight is 220 g/mol. The summed E-state index contributed by atoms with van der Waals surface area (Å²) in [6.07, 6.45) is 1.70. The Morgan fingerprint density at radius 2 is 1.47 bits per heavy atom. The normalized spacial score (nSPS) is 11.5. The van der Waals surface area contributed by atoms with Gasteiger partial charge in [0.25, 0.3) is 0 Å². The van der Waals surface area contributed by atoms with Gasteiger partial charge in [0.05, 0.1) is 6.21 Å². The van der Waals surface area contributed by atoms with Gasteiger partial charge < -0.3 is 5.84 Å². The van der Waals surface area contributed by atoms with Crippen LogP contribution in [-0.4, -0.2) is 6.21 Å². The Labute approximate surface area is 99.4 Å². The van der Waals surface area contributed by atoms with E-state index in [9.17, 15) is 0 Å². The maximum Gasteiger partial charge on any atom is 0.0544 e. The fourth-order valence-corrected chi connectivity index (χ4v) is 2.27. The Hall–Kier alpha value is -2.35. The van der Waals surface area contributed by atoms with Gasteiger partial charge in [0, 0.05) is 5.56 Å². The number of hydrazone groups is 1. The third-order valence-corrected chi connectivity index (χ3v) is 3.01. The predicted octanol–water partition coefficient (Wildman–Crippen LogP) is 3.29. The first kappa shape index (κ1) is 9.85. The SMILES string of the molecule is N/N=C\c1cc2ccccc2c2ccccc12. The number of rotatable bonds is 1. The molecule has 0 heterocycles. The molecule has 3 aromatic rings. The second-order valence-corrected chi connectivity index (χ2v) is 4.01. The van der Waals surface area contributed by atoms with Crippen LogP contribution in [0.25, 0.3) is 21.5 Å². The summed E-state index contributed by atoms with van der Waals surface area (Å²) in [5.74, 6) is 5.27. The summed E-state index contributed by atoms with van der Waals surface area (Å²) in [6, 6.07) is 18.8. The molecule has 2 heteroatoms.